The first-order chi connectivity index (χ1) is 13.8. The molecule has 0 fully saturated rings. The van der Waals surface area contributed by atoms with Gasteiger partial charge < -0.3 is 15.8 Å². The minimum absolute atomic E-state index is 0.679. The number of aromatic amines is 1. The van der Waals surface area contributed by atoms with E-state index in [9.17, 15) is 0 Å². The van der Waals surface area contributed by atoms with Crippen LogP contribution in [0.15, 0.2) is 24.7 Å². The van der Waals surface area contributed by atoms with E-state index in [0.29, 0.717) is 5.92 Å². The first-order valence-corrected chi connectivity index (χ1v) is 10.3. The average molecular weight is 395 g/mol. The van der Waals surface area contributed by atoms with Gasteiger partial charge in [-0.25, -0.2) is 9.97 Å². The van der Waals surface area contributed by atoms with Gasteiger partial charge in [-0.15, -0.1) is 11.3 Å². The Hall–Kier alpha value is -2.71. The van der Waals surface area contributed by atoms with Crippen molar-refractivity contribution in [3.63, 3.8) is 0 Å². The molecular weight excluding hydrogens is 372 g/mol. The number of methoxy groups -OCH3 is 1. The van der Waals surface area contributed by atoms with Crippen molar-refractivity contribution < 1.29 is 4.74 Å². The number of nitrogens with two attached hydrogens (primary N) is 1. The number of H-pyrrole nitrogens is 1. The molecule has 0 bridgehead atoms. The zero-order valence-electron chi connectivity index (χ0n) is 15.7. The summed E-state index contributed by atoms with van der Waals surface area (Å²) in [5.41, 5.74) is 8.97. The van der Waals surface area contributed by atoms with Crippen LogP contribution in [0, 0.1) is 5.92 Å². The lowest BCUT2D eigenvalue weighted by molar-refractivity contribution is 0.417. The summed E-state index contributed by atoms with van der Waals surface area (Å²) in [5.74, 6) is 2.26. The fourth-order valence-corrected chi connectivity index (χ4v) is 5.42. The number of hydrogen-bond donors (Lipinski definition) is 3. The SMILES string of the molecule is COc1cc2[nH]ncc2cc1Nc1ncnc2sc3c(c12)CCC(CCN)C3. The zero-order valence-corrected chi connectivity index (χ0v) is 16.5. The van der Waals surface area contributed by atoms with E-state index in [1.54, 1.807) is 31.0 Å². The second-order valence-electron chi connectivity index (χ2n) is 7.23. The van der Waals surface area contributed by atoms with E-state index >= 15 is 0 Å². The number of fused-ring (bicyclic) bond motifs is 4. The van der Waals surface area contributed by atoms with Crippen molar-refractivity contribution >= 4 is 44.0 Å². The quantitative estimate of drug-likeness (QED) is 0.476. The number of aromatic nitrogens is 4. The Bertz CT molecular complexity index is 1150. The lowest BCUT2D eigenvalue weighted by Crippen LogP contribution is -2.16. The molecule has 3 aromatic heterocycles. The summed E-state index contributed by atoms with van der Waals surface area (Å²) in [4.78, 5) is 11.6. The van der Waals surface area contributed by atoms with Crippen molar-refractivity contribution in [2.24, 2.45) is 11.7 Å². The van der Waals surface area contributed by atoms with Crippen LogP contribution in [0.3, 0.4) is 0 Å². The minimum atomic E-state index is 0.679. The number of ether oxygens (including phenoxy) is 1. The Morgan fingerprint density at radius 1 is 1.36 bits per heavy atom. The molecule has 8 heteroatoms. The molecule has 1 atom stereocenters. The highest BCUT2D eigenvalue weighted by atomic mass is 32.1. The first-order valence-electron chi connectivity index (χ1n) is 9.50. The molecule has 144 valence electrons. The highest BCUT2D eigenvalue weighted by molar-refractivity contribution is 7.19. The molecule has 0 amide bonds. The van der Waals surface area contributed by atoms with Crippen LogP contribution < -0.4 is 15.8 Å². The van der Waals surface area contributed by atoms with E-state index in [1.165, 1.54) is 16.9 Å². The summed E-state index contributed by atoms with van der Waals surface area (Å²) >= 11 is 1.79. The second kappa shape index (κ2) is 7.03. The van der Waals surface area contributed by atoms with Gasteiger partial charge in [0.1, 0.15) is 22.7 Å². The van der Waals surface area contributed by atoms with Crippen LogP contribution >= 0.6 is 11.3 Å². The fraction of sp³-hybridized carbons (Fsp3) is 0.350. The number of nitrogens with one attached hydrogen (secondary N) is 2. The molecule has 0 saturated carbocycles. The predicted molar refractivity (Wildman–Crippen MR) is 113 cm³/mol. The van der Waals surface area contributed by atoms with Crippen molar-refractivity contribution in [3.05, 3.63) is 35.1 Å². The van der Waals surface area contributed by atoms with Gasteiger partial charge in [0.2, 0.25) is 0 Å². The predicted octanol–water partition coefficient (Wildman–Crippen LogP) is 3.77. The van der Waals surface area contributed by atoms with Crippen molar-refractivity contribution in [1.82, 2.24) is 20.2 Å². The summed E-state index contributed by atoms with van der Waals surface area (Å²) in [5, 5.41) is 12.7. The van der Waals surface area contributed by atoms with Crippen molar-refractivity contribution in [2.75, 3.05) is 19.0 Å². The van der Waals surface area contributed by atoms with Gasteiger partial charge in [-0.2, -0.15) is 5.10 Å². The molecule has 1 aromatic carbocycles. The van der Waals surface area contributed by atoms with Crippen molar-refractivity contribution in [2.45, 2.75) is 25.7 Å². The molecule has 1 aliphatic rings. The number of hydrogen-bond acceptors (Lipinski definition) is 7. The van der Waals surface area contributed by atoms with E-state index < -0.39 is 0 Å². The molecule has 5 rings (SSSR count). The highest BCUT2D eigenvalue weighted by Gasteiger charge is 2.25. The summed E-state index contributed by atoms with van der Waals surface area (Å²) in [6, 6.07) is 3.98. The van der Waals surface area contributed by atoms with Crippen LogP contribution in [-0.4, -0.2) is 33.8 Å². The largest absolute Gasteiger partial charge is 0.494 e. The van der Waals surface area contributed by atoms with E-state index in [-0.39, 0.29) is 0 Å². The van der Waals surface area contributed by atoms with Crippen molar-refractivity contribution in [1.29, 1.82) is 0 Å². The van der Waals surface area contributed by atoms with Crippen LogP contribution in [0.5, 0.6) is 5.75 Å². The molecule has 28 heavy (non-hydrogen) atoms. The van der Waals surface area contributed by atoms with Gasteiger partial charge in [0.25, 0.3) is 0 Å². The summed E-state index contributed by atoms with van der Waals surface area (Å²) in [7, 11) is 1.67. The van der Waals surface area contributed by atoms with Gasteiger partial charge in [-0.1, -0.05) is 0 Å². The minimum Gasteiger partial charge on any atom is -0.494 e. The Balaban J connectivity index is 1.57. The van der Waals surface area contributed by atoms with Gasteiger partial charge in [0, 0.05) is 16.3 Å². The summed E-state index contributed by atoms with van der Waals surface area (Å²) in [6.07, 6.45) is 7.85. The molecule has 3 heterocycles. The smallest absolute Gasteiger partial charge is 0.144 e. The number of benzene rings is 1. The van der Waals surface area contributed by atoms with Crippen LogP contribution in [0.25, 0.3) is 21.1 Å². The van der Waals surface area contributed by atoms with Gasteiger partial charge in [-0.3, -0.25) is 5.10 Å². The third-order valence-corrected chi connectivity index (χ3v) is 6.70. The van der Waals surface area contributed by atoms with E-state index in [0.717, 1.165) is 64.2 Å². The maximum Gasteiger partial charge on any atom is 0.144 e. The molecule has 0 saturated heterocycles. The third-order valence-electron chi connectivity index (χ3n) is 5.54. The second-order valence-corrected chi connectivity index (χ2v) is 8.31. The van der Waals surface area contributed by atoms with E-state index in [2.05, 4.69) is 25.5 Å². The molecule has 0 spiro atoms. The molecule has 1 aliphatic carbocycles. The lowest BCUT2D eigenvalue weighted by Gasteiger charge is -2.21. The van der Waals surface area contributed by atoms with Crippen LogP contribution in [0.2, 0.25) is 0 Å². The lowest BCUT2D eigenvalue weighted by atomic mass is 9.86. The monoisotopic (exact) mass is 394 g/mol. The average Bonchev–Trinajstić information content (AvgIpc) is 3.31. The number of aryl methyl sites for hydroxylation is 1. The number of anilines is 2. The zero-order chi connectivity index (χ0) is 19.1. The maximum atomic E-state index is 5.78. The molecule has 1 unspecified atom stereocenters. The molecule has 0 radical (unpaired) electrons. The third kappa shape index (κ3) is 2.89. The first kappa shape index (κ1) is 17.4. The summed E-state index contributed by atoms with van der Waals surface area (Å²) in [6.45, 7) is 0.758. The molecular formula is C20H22N6OS. The number of nitrogens with zero attached hydrogens (tertiary/aromatic N) is 3. The fourth-order valence-electron chi connectivity index (χ4n) is 4.12. The van der Waals surface area contributed by atoms with Crippen molar-refractivity contribution in [3.8, 4) is 5.75 Å². The van der Waals surface area contributed by atoms with E-state index in [1.807, 2.05) is 12.1 Å². The van der Waals surface area contributed by atoms with Gasteiger partial charge >= 0.3 is 0 Å². The van der Waals surface area contributed by atoms with E-state index in [4.69, 9.17) is 10.5 Å². The van der Waals surface area contributed by atoms with Crippen LogP contribution in [0.1, 0.15) is 23.3 Å². The molecule has 4 aromatic rings. The van der Waals surface area contributed by atoms with Gasteiger partial charge in [-0.05, 0) is 49.8 Å². The van der Waals surface area contributed by atoms with Gasteiger partial charge in [0.05, 0.1) is 29.9 Å². The standard InChI is InChI=1S/C20H22N6OS/c1-27-16-8-14-12(9-24-26-14)7-15(16)25-19-18-13-3-2-11(4-5-21)6-17(13)28-20(18)23-10-22-19/h7-11H,2-6,21H2,1H3,(H,24,26)(H,22,23,25). The van der Waals surface area contributed by atoms with Crippen LogP contribution in [0.4, 0.5) is 11.5 Å². The van der Waals surface area contributed by atoms with Gasteiger partial charge in [0.15, 0.2) is 0 Å². The molecule has 0 aliphatic heterocycles. The Labute approximate surface area is 166 Å². The molecule has 7 nitrogen and oxygen atoms in total. The maximum absolute atomic E-state index is 5.78. The Morgan fingerprint density at radius 2 is 2.29 bits per heavy atom. The topological polar surface area (TPSA) is 102 Å². The van der Waals surface area contributed by atoms with Crippen LogP contribution in [-0.2, 0) is 12.8 Å². The Morgan fingerprint density at radius 3 is 3.14 bits per heavy atom. The Kier molecular flexibility index (Phi) is 4.37. The number of rotatable bonds is 5. The highest BCUT2D eigenvalue weighted by Crippen LogP contribution is 2.42. The normalized spacial score (nSPS) is 16.4. The number of thiophene rings is 1. The summed E-state index contributed by atoms with van der Waals surface area (Å²) < 4.78 is 5.58. The molecule has 4 N–H and O–H groups in total.